The summed E-state index contributed by atoms with van der Waals surface area (Å²) in [6.45, 7) is 0. The average molecular weight is 256 g/mol. The highest BCUT2D eigenvalue weighted by Crippen LogP contribution is 2.22. The van der Waals surface area contributed by atoms with Gasteiger partial charge in [0.05, 0.1) is 17.1 Å². The van der Waals surface area contributed by atoms with Crippen molar-refractivity contribution >= 4 is 11.5 Å². The van der Waals surface area contributed by atoms with Crippen LogP contribution in [0.1, 0.15) is 16.5 Å². The van der Waals surface area contributed by atoms with Gasteiger partial charge in [-0.15, -0.1) is 5.10 Å². The molecule has 3 N–H and O–H groups in total. The van der Waals surface area contributed by atoms with E-state index in [9.17, 15) is 8.78 Å². The summed E-state index contributed by atoms with van der Waals surface area (Å²) in [6, 6.07) is 3.74. The highest BCUT2D eigenvalue weighted by atomic mass is 32.1. The predicted molar refractivity (Wildman–Crippen MR) is 60.0 cm³/mol. The fourth-order valence-corrected chi connectivity index (χ4v) is 2.06. The first-order chi connectivity index (χ1) is 8.22. The molecule has 0 aliphatic carbocycles. The number of hydrazine groups is 1. The molecule has 0 radical (unpaired) electrons. The van der Waals surface area contributed by atoms with Crippen LogP contribution in [0.25, 0.3) is 0 Å². The summed E-state index contributed by atoms with van der Waals surface area (Å²) in [5.41, 5.74) is 2.81. The molecule has 0 fully saturated rings. The van der Waals surface area contributed by atoms with E-state index < -0.39 is 11.6 Å². The monoisotopic (exact) mass is 256 g/mol. The topological polar surface area (TPSA) is 63.8 Å². The Morgan fingerprint density at radius 3 is 2.88 bits per heavy atom. The maximum Gasteiger partial charge on any atom is 0.162 e. The Hall–Kier alpha value is -1.44. The third-order valence-electron chi connectivity index (χ3n) is 2.38. The minimum absolute atomic E-state index is 0.240. The molecular formula is C10H10F2N4S. The predicted octanol–water partition coefficient (Wildman–Crippen LogP) is 1.56. The summed E-state index contributed by atoms with van der Waals surface area (Å²) in [4.78, 5) is 0.774. The highest BCUT2D eigenvalue weighted by molar-refractivity contribution is 7.05. The highest BCUT2D eigenvalue weighted by Gasteiger charge is 2.16. The lowest BCUT2D eigenvalue weighted by Gasteiger charge is -2.13. The molecule has 1 unspecified atom stereocenters. The summed E-state index contributed by atoms with van der Waals surface area (Å²) in [5, 5.41) is 3.68. The first-order valence-corrected chi connectivity index (χ1v) is 5.66. The third-order valence-corrected chi connectivity index (χ3v) is 3.16. The molecule has 4 nitrogen and oxygen atoms in total. The molecule has 0 saturated carbocycles. The van der Waals surface area contributed by atoms with Gasteiger partial charge >= 0.3 is 0 Å². The molecule has 0 aliphatic heterocycles. The molecule has 7 heteroatoms. The Morgan fingerprint density at radius 2 is 2.24 bits per heavy atom. The lowest BCUT2D eigenvalue weighted by molar-refractivity contribution is 0.483. The number of rotatable bonds is 4. The molecule has 0 spiro atoms. The van der Waals surface area contributed by atoms with Crippen LogP contribution < -0.4 is 11.3 Å². The van der Waals surface area contributed by atoms with Crippen LogP contribution in [0.15, 0.2) is 24.4 Å². The zero-order valence-corrected chi connectivity index (χ0v) is 9.55. The van der Waals surface area contributed by atoms with E-state index in [1.807, 2.05) is 0 Å². The number of benzene rings is 1. The fraction of sp³-hybridized carbons (Fsp3) is 0.200. The molecular weight excluding hydrogens is 246 g/mol. The van der Waals surface area contributed by atoms with E-state index in [2.05, 4.69) is 15.0 Å². The Balaban J connectivity index is 2.22. The zero-order chi connectivity index (χ0) is 12.3. The van der Waals surface area contributed by atoms with Gasteiger partial charge in [-0.3, -0.25) is 11.3 Å². The molecule has 2 aromatic rings. The van der Waals surface area contributed by atoms with Crippen molar-refractivity contribution in [1.82, 2.24) is 15.0 Å². The SMILES string of the molecule is NNC(Cc1cccc(F)c1F)c1cnns1. The molecule has 0 bridgehead atoms. The van der Waals surface area contributed by atoms with Crippen LogP contribution in [0.4, 0.5) is 8.78 Å². The first kappa shape index (κ1) is 12.0. The van der Waals surface area contributed by atoms with Crippen molar-refractivity contribution in [2.24, 2.45) is 5.84 Å². The zero-order valence-electron chi connectivity index (χ0n) is 8.73. The fourth-order valence-electron chi connectivity index (χ4n) is 1.50. The number of hydrogen-bond donors (Lipinski definition) is 2. The average Bonchev–Trinajstić information content (AvgIpc) is 2.85. The van der Waals surface area contributed by atoms with E-state index in [1.54, 1.807) is 6.20 Å². The first-order valence-electron chi connectivity index (χ1n) is 4.88. The van der Waals surface area contributed by atoms with Crippen molar-refractivity contribution in [2.75, 3.05) is 0 Å². The molecule has 1 aromatic heterocycles. The van der Waals surface area contributed by atoms with E-state index in [0.717, 1.165) is 10.9 Å². The molecule has 1 heterocycles. The molecule has 0 saturated heterocycles. The van der Waals surface area contributed by atoms with Gasteiger partial charge < -0.3 is 0 Å². The van der Waals surface area contributed by atoms with Crippen molar-refractivity contribution in [3.05, 3.63) is 46.5 Å². The summed E-state index contributed by atoms with van der Waals surface area (Å²) in [5.74, 6) is 3.68. The second-order valence-corrected chi connectivity index (χ2v) is 4.27. The van der Waals surface area contributed by atoms with Gasteiger partial charge in [0.1, 0.15) is 0 Å². The van der Waals surface area contributed by atoms with E-state index in [1.165, 1.54) is 23.7 Å². The van der Waals surface area contributed by atoms with Gasteiger partial charge in [-0.2, -0.15) is 0 Å². The van der Waals surface area contributed by atoms with E-state index >= 15 is 0 Å². The van der Waals surface area contributed by atoms with Crippen LogP contribution in [-0.2, 0) is 6.42 Å². The van der Waals surface area contributed by atoms with Gasteiger partial charge in [-0.25, -0.2) is 8.78 Å². The van der Waals surface area contributed by atoms with Gasteiger partial charge in [-0.05, 0) is 29.6 Å². The number of nitrogens with zero attached hydrogens (tertiary/aromatic N) is 2. The normalized spacial score (nSPS) is 12.6. The molecule has 90 valence electrons. The van der Waals surface area contributed by atoms with Crippen LogP contribution in [0.5, 0.6) is 0 Å². The third kappa shape index (κ3) is 2.63. The van der Waals surface area contributed by atoms with Crippen molar-refractivity contribution in [3.8, 4) is 0 Å². The van der Waals surface area contributed by atoms with Gasteiger partial charge in [0.15, 0.2) is 11.6 Å². The minimum atomic E-state index is -0.860. The number of nitrogens with one attached hydrogen (secondary N) is 1. The van der Waals surface area contributed by atoms with Gasteiger partial charge in [0.25, 0.3) is 0 Å². The van der Waals surface area contributed by atoms with Gasteiger partial charge in [0.2, 0.25) is 0 Å². The van der Waals surface area contributed by atoms with Crippen LogP contribution >= 0.6 is 11.5 Å². The second kappa shape index (κ2) is 5.26. The standard InChI is InChI=1S/C10H10F2N4S/c11-7-3-1-2-6(10(7)12)4-8(15-13)9-5-14-16-17-9/h1-3,5,8,15H,4,13H2. The quantitative estimate of drug-likeness (QED) is 0.643. The molecule has 1 aromatic carbocycles. The minimum Gasteiger partial charge on any atom is -0.271 e. The van der Waals surface area contributed by atoms with Crippen LogP contribution in [0.2, 0.25) is 0 Å². The summed E-state index contributed by atoms with van der Waals surface area (Å²) >= 11 is 1.17. The van der Waals surface area contributed by atoms with Gasteiger partial charge in [-0.1, -0.05) is 16.6 Å². The largest absolute Gasteiger partial charge is 0.271 e. The Bertz CT molecular complexity index is 489. The molecule has 0 aliphatic rings. The van der Waals surface area contributed by atoms with Crippen molar-refractivity contribution in [3.63, 3.8) is 0 Å². The molecule has 1 atom stereocenters. The maximum absolute atomic E-state index is 13.5. The van der Waals surface area contributed by atoms with Crippen LogP contribution in [0, 0.1) is 11.6 Å². The Morgan fingerprint density at radius 1 is 1.41 bits per heavy atom. The summed E-state index contributed by atoms with van der Waals surface area (Å²) < 4.78 is 30.2. The van der Waals surface area contributed by atoms with Crippen molar-refractivity contribution < 1.29 is 8.78 Å². The van der Waals surface area contributed by atoms with Crippen molar-refractivity contribution in [1.29, 1.82) is 0 Å². The lowest BCUT2D eigenvalue weighted by atomic mass is 10.0. The number of hydrogen-bond acceptors (Lipinski definition) is 5. The second-order valence-electron chi connectivity index (χ2n) is 3.46. The maximum atomic E-state index is 13.5. The smallest absolute Gasteiger partial charge is 0.162 e. The van der Waals surface area contributed by atoms with E-state index in [-0.39, 0.29) is 18.0 Å². The summed E-state index contributed by atoms with van der Waals surface area (Å²) in [7, 11) is 0. The van der Waals surface area contributed by atoms with Crippen molar-refractivity contribution in [2.45, 2.75) is 12.5 Å². The van der Waals surface area contributed by atoms with Gasteiger partial charge in [0, 0.05) is 0 Å². The van der Waals surface area contributed by atoms with E-state index in [0.29, 0.717) is 0 Å². The summed E-state index contributed by atoms with van der Waals surface area (Å²) in [6.07, 6.45) is 1.79. The molecule has 17 heavy (non-hydrogen) atoms. The lowest BCUT2D eigenvalue weighted by Crippen LogP contribution is -2.29. The number of nitrogens with two attached hydrogens (primary N) is 1. The molecule has 0 amide bonds. The Kier molecular flexibility index (Phi) is 3.72. The van der Waals surface area contributed by atoms with Crippen LogP contribution in [0.3, 0.4) is 0 Å². The van der Waals surface area contributed by atoms with Crippen LogP contribution in [-0.4, -0.2) is 9.59 Å². The Labute approximate surface area is 101 Å². The van der Waals surface area contributed by atoms with E-state index in [4.69, 9.17) is 5.84 Å². The molecule has 2 rings (SSSR count). The number of halogens is 2. The number of aromatic nitrogens is 2.